The fraction of sp³-hybridized carbons (Fsp3) is 0.375. The Morgan fingerprint density at radius 1 is 0.638 bits per heavy atom. The average molecular weight is 840 g/mol. The lowest BCUT2D eigenvalue weighted by Gasteiger charge is -2.26. The van der Waals surface area contributed by atoms with Crippen LogP contribution in [0.1, 0.15) is 20.7 Å². The van der Waals surface area contributed by atoms with E-state index >= 15 is 4.39 Å². The van der Waals surface area contributed by atoms with E-state index in [-0.39, 0.29) is 72.7 Å². The molecule has 3 aliphatic rings. The van der Waals surface area contributed by atoms with Crippen molar-refractivity contribution in [2.45, 2.75) is 9.79 Å². The van der Waals surface area contributed by atoms with Crippen LogP contribution in [0.15, 0.2) is 86.3 Å². The molecule has 0 unspecified atom stereocenters. The van der Waals surface area contributed by atoms with Gasteiger partial charge in [-0.15, -0.1) is 0 Å². The van der Waals surface area contributed by atoms with Crippen molar-refractivity contribution in [2.24, 2.45) is 0 Å². The quantitative estimate of drug-likeness (QED) is 0.136. The second kappa shape index (κ2) is 21.3. The van der Waals surface area contributed by atoms with Crippen LogP contribution in [0.4, 0.5) is 10.1 Å². The van der Waals surface area contributed by atoms with E-state index < -0.39 is 30.2 Å². The summed E-state index contributed by atoms with van der Waals surface area (Å²) in [5.41, 5.74) is 0.688. The van der Waals surface area contributed by atoms with Crippen molar-refractivity contribution in [3.63, 3.8) is 0 Å². The van der Waals surface area contributed by atoms with Gasteiger partial charge in [0, 0.05) is 53.2 Å². The molecule has 0 radical (unpaired) electrons. The van der Waals surface area contributed by atoms with Gasteiger partial charge in [0.05, 0.1) is 75.0 Å². The fourth-order valence-corrected chi connectivity index (χ4v) is 7.91. The molecule has 0 aromatic heterocycles. The molecule has 4 amide bonds. The molecule has 1 N–H and O–H groups in total. The molecule has 18 heteroatoms. The maximum Gasteiger partial charge on any atom is 0.329 e. The van der Waals surface area contributed by atoms with Crippen LogP contribution in [0.3, 0.4) is 0 Å². The van der Waals surface area contributed by atoms with Crippen LogP contribution < -0.4 is 9.64 Å². The SMILES string of the molecule is O=C(O)COCCOCCOCCOc1ccc(N2C(=O)C(Sc3ccc(C(=O)N4CCOCC4)cc3)=C(Sc3ccc(C(=O)N4CCOCC4)cc3)C2=O)c(F)c1. The van der Waals surface area contributed by atoms with Gasteiger partial charge in [0.15, 0.2) is 5.82 Å². The third kappa shape index (κ3) is 11.4. The highest BCUT2D eigenvalue weighted by molar-refractivity contribution is 8.08. The first-order valence-electron chi connectivity index (χ1n) is 18.5. The normalized spacial score (nSPS) is 16.0. The van der Waals surface area contributed by atoms with Crippen LogP contribution in [0.5, 0.6) is 5.75 Å². The number of carboxylic acid groups (broad SMARTS) is 1. The molecule has 15 nitrogen and oxygen atoms in total. The van der Waals surface area contributed by atoms with E-state index in [0.717, 1.165) is 34.5 Å². The Morgan fingerprint density at radius 3 is 1.53 bits per heavy atom. The van der Waals surface area contributed by atoms with E-state index in [9.17, 15) is 24.0 Å². The van der Waals surface area contributed by atoms with Crippen molar-refractivity contribution in [1.29, 1.82) is 0 Å². The van der Waals surface area contributed by atoms with Crippen molar-refractivity contribution in [3.8, 4) is 5.75 Å². The maximum absolute atomic E-state index is 15.7. The highest BCUT2D eigenvalue weighted by Gasteiger charge is 2.42. The third-order valence-corrected chi connectivity index (χ3v) is 11.2. The number of hydrogen-bond donors (Lipinski definition) is 1. The van der Waals surface area contributed by atoms with Crippen LogP contribution in [-0.4, -0.2) is 143 Å². The van der Waals surface area contributed by atoms with Gasteiger partial charge in [0.2, 0.25) is 0 Å². The number of thioether (sulfide) groups is 2. The molecule has 58 heavy (non-hydrogen) atoms. The largest absolute Gasteiger partial charge is 0.491 e. The Bertz CT molecular complexity index is 1870. The first-order chi connectivity index (χ1) is 28.2. The summed E-state index contributed by atoms with van der Waals surface area (Å²) in [5.74, 6) is -3.47. The smallest absolute Gasteiger partial charge is 0.329 e. The summed E-state index contributed by atoms with van der Waals surface area (Å²) in [6.07, 6.45) is 0. The number of nitrogens with zero attached hydrogens (tertiary/aromatic N) is 3. The molecule has 3 heterocycles. The second-order valence-electron chi connectivity index (χ2n) is 12.8. The van der Waals surface area contributed by atoms with Gasteiger partial charge in [0.25, 0.3) is 23.6 Å². The minimum atomic E-state index is -1.06. The van der Waals surface area contributed by atoms with Gasteiger partial charge in [-0.1, -0.05) is 23.5 Å². The van der Waals surface area contributed by atoms with Crippen LogP contribution >= 0.6 is 23.5 Å². The van der Waals surface area contributed by atoms with Gasteiger partial charge in [-0.25, -0.2) is 14.1 Å². The van der Waals surface area contributed by atoms with E-state index in [4.69, 9.17) is 33.5 Å². The topological polar surface area (TPSA) is 171 Å². The van der Waals surface area contributed by atoms with Crippen molar-refractivity contribution in [2.75, 3.05) is 104 Å². The predicted octanol–water partition coefficient (Wildman–Crippen LogP) is 3.95. The number of benzene rings is 3. The minimum Gasteiger partial charge on any atom is -0.491 e. The van der Waals surface area contributed by atoms with E-state index in [1.807, 2.05) is 0 Å². The predicted molar refractivity (Wildman–Crippen MR) is 210 cm³/mol. The lowest BCUT2D eigenvalue weighted by Crippen LogP contribution is -2.40. The molecule has 0 bridgehead atoms. The number of hydrogen-bond acceptors (Lipinski definition) is 13. The molecular weight excluding hydrogens is 798 g/mol. The van der Waals surface area contributed by atoms with Crippen molar-refractivity contribution in [3.05, 3.63) is 93.5 Å². The Balaban J connectivity index is 1.12. The molecule has 0 saturated carbocycles. The number of carbonyl (C=O) groups is 5. The van der Waals surface area contributed by atoms with Gasteiger partial charge < -0.3 is 43.3 Å². The Hall–Kier alpha value is -4.82. The number of carboxylic acids is 1. The summed E-state index contributed by atoms with van der Waals surface area (Å²) in [6, 6.07) is 17.3. The molecule has 2 saturated heterocycles. The molecule has 0 aliphatic carbocycles. The maximum atomic E-state index is 15.7. The highest BCUT2D eigenvalue weighted by Crippen LogP contribution is 2.44. The molecule has 6 rings (SSSR count). The molecule has 0 spiro atoms. The van der Waals surface area contributed by atoms with Crippen molar-refractivity contribution < 1.29 is 61.9 Å². The van der Waals surface area contributed by atoms with Crippen LogP contribution in [0, 0.1) is 5.82 Å². The highest BCUT2D eigenvalue weighted by atomic mass is 32.2. The van der Waals surface area contributed by atoms with Gasteiger partial charge >= 0.3 is 5.97 Å². The molecule has 3 aliphatic heterocycles. The number of aliphatic carboxylic acids is 1. The van der Waals surface area contributed by atoms with Crippen LogP contribution in [0.25, 0.3) is 0 Å². The van der Waals surface area contributed by atoms with Gasteiger partial charge in [-0.05, 0) is 60.7 Å². The van der Waals surface area contributed by atoms with Crippen LogP contribution in [0.2, 0.25) is 0 Å². The molecular formula is C40H42FN3O12S2. The number of imide groups is 1. The monoisotopic (exact) mass is 839 g/mol. The first-order valence-corrected chi connectivity index (χ1v) is 20.1. The molecule has 3 aromatic rings. The number of anilines is 1. The van der Waals surface area contributed by atoms with Crippen LogP contribution in [-0.2, 0) is 38.1 Å². The van der Waals surface area contributed by atoms with E-state index in [1.54, 1.807) is 58.3 Å². The van der Waals surface area contributed by atoms with Gasteiger partial charge in [0.1, 0.15) is 19.0 Å². The number of rotatable bonds is 19. The van der Waals surface area contributed by atoms with E-state index in [2.05, 4.69) is 0 Å². The third-order valence-electron chi connectivity index (χ3n) is 8.87. The van der Waals surface area contributed by atoms with Crippen molar-refractivity contribution in [1.82, 2.24) is 9.80 Å². The minimum absolute atomic E-state index is 0.0735. The lowest BCUT2D eigenvalue weighted by atomic mass is 10.2. The summed E-state index contributed by atoms with van der Waals surface area (Å²) in [5, 5.41) is 8.55. The summed E-state index contributed by atoms with van der Waals surface area (Å²) >= 11 is 2.07. The number of ether oxygens (including phenoxy) is 6. The Kier molecular flexibility index (Phi) is 15.7. The zero-order chi connectivity index (χ0) is 40.9. The summed E-state index contributed by atoms with van der Waals surface area (Å²) in [6.45, 7) is 4.53. The van der Waals surface area contributed by atoms with Crippen molar-refractivity contribution >= 4 is 58.8 Å². The van der Waals surface area contributed by atoms with Gasteiger partial charge in [-0.2, -0.15) is 0 Å². The number of amides is 4. The number of halogens is 1. The standard InChI is InChI=1S/C40H42FN3O12S2/c41-32-25-29(56-24-23-54-20-19-53-21-22-55-26-34(45)46)5-10-33(32)44-39(49)35(57-30-6-1-27(2-7-30)37(47)42-11-15-51-16-12-42)36(40(44)50)58-31-8-3-28(4-9-31)38(48)43-13-17-52-18-14-43/h1-10,25H,11-24,26H2,(H,45,46). The average Bonchev–Trinajstić information content (AvgIpc) is 3.46. The zero-order valence-corrected chi connectivity index (χ0v) is 33.1. The first kappa shape index (κ1) is 42.8. The van der Waals surface area contributed by atoms with E-state index in [0.29, 0.717) is 73.5 Å². The molecule has 308 valence electrons. The number of morpholine rings is 2. The molecule has 2 fully saturated rings. The number of carbonyl (C=O) groups excluding carboxylic acids is 4. The lowest BCUT2D eigenvalue weighted by molar-refractivity contribution is -0.142. The summed E-state index contributed by atoms with van der Waals surface area (Å²) in [7, 11) is 0. The fourth-order valence-electron chi connectivity index (χ4n) is 5.93. The Labute approximate surface area is 342 Å². The zero-order valence-electron chi connectivity index (χ0n) is 31.4. The van der Waals surface area contributed by atoms with E-state index in [1.165, 1.54) is 12.1 Å². The molecule has 3 aromatic carbocycles. The summed E-state index contributed by atoms with van der Waals surface area (Å²) < 4.78 is 47.6. The van der Waals surface area contributed by atoms with Gasteiger partial charge in [-0.3, -0.25) is 19.2 Å². The Morgan fingerprint density at radius 2 is 1.09 bits per heavy atom. The second-order valence-corrected chi connectivity index (χ2v) is 15.0. The molecule has 0 atom stereocenters. The summed E-state index contributed by atoms with van der Waals surface area (Å²) in [4.78, 5) is 70.2.